The minimum absolute atomic E-state index is 0.0418. The molecule has 0 amide bonds. The fourth-order valence-corrected chi connectivity index (χ4v) is 3.76. The summed E-state index contributed by atoms with van der Waals surface area (Å²) in [5, 5.41) is 31.7. The van der Waals surface area contributed by atoms with Crippen molar-refractivity contribution in [2.45, 2.75) is 97.6 Å². The van der Waals surface area contributed by atoms with E-state index in [4.69, 9.17) is 4.74 Å². The third-order valence-corrected chi connectivity index (χ3v) is 6.06. The predicted molar refractivity (Wildman–Crippen MR) is 103 cm³/mol. The Labute approximate surface area is 167 Å². The number of rotatable bonds is 1. The number of ether oxygens (including phenoxy) is 1. The van der Waals surface area contributed by atoms with Gasteiger partial charge < -0.3 is 20.1 Å². The lowest BCUT2D eigenvalue weighted by Crippen LogP contribution is -2.45. The molecule has 1 aliphatic heterocycles. The van der Waals surface area contributed by atoms with Crippen molar-refractivity contribution in [2.24, 2.45) is 17.3 Å². The molecule has 0 aromatic heterocycles. The Morgan fingerprint density at radius 3 is 2.25 bits per heavy atom. The summed E-state index contributed by atoms with van der Waals surface area (Å²) in [4.78, 5) is 37.0. The van der Waals surface area contributed by atoms with Gasteiger partial charge in [0, 0.05) is 12.3 Å². The first-order chi connectivity index (χ1) is 12.7. The molecule has 7 nitrogen and oxygen atoms in total. The van der Waals surface area contributed by atoms with Crippen LogP contribution < -0.4 is 0 Å². The first kappa shape index (κ1) is 24.7. The highest BCUT2D eigenvalue weighted by Gasteiger charge is 2.43. The van der Waals surface area contributed by atoms with Crippen molar-refractivity contribution in [2.75, 3.05) is 0 Å². The lowest BCUT2D eigenvalue weighted by molar-refractivity contribution is -0.162. The monoisotopic (exact) mass is 400 g/mol. The standard InChI is InChI=1S/C21H36O7/c1-12-8-7-9-21(6,27)11-15(14(3)22)28-17(24)10-16(23)20(4,5)19(26)13(2)18(12)25/h12-13,15-16,18,23,25,27H,7-11H2,1-6H3. The highest BCUT2D eigenvalue weighted by Crippen LogP contribution is 2.33. The number of aliphatic hydroxyl groups is 3. The molecule has 0 spiro atoms. The Bertz CT molecular complexity index is 581. The fraction of sp³-hybridized carbons (Fsp3) is 0.857. The second kappa shape index (κ2) is 9.46. The van der Waals surface area contributed by atoms with E-state index in [2.05, 4.69) is 0 Å². The van der Waals surface area contributed by atoms with Crippen molar-refractivity contribution >= 4 is 17.5 Å². The summed E-state index contributed by atoms with van der Waals surface area (Å²) in [7, 11) is 0. The van der Waals surface area contributed by atoms with Crippen LogP contribution in [-0.2, 0) is 19.1 Å². The molecule has 1 heterocycles. The van der Waals surface area contributed by atoms with Crippen LogP contribution in [0, 0.1) is 17.3 Å². The Hall–Kier alpha value is -1.31. The molecule has 6 atom stereocenters. The number of cyclic esters (lactones) is 1. The van der Waals surface area contributed by atoms with Crippen molar-refractivity contribution in [1.82, 2.24) is 0 Å². The lowest BCUT2D eigenvalue weighted by Gasteiger charge is -2.34. The number of ketones is 2. The molecule has 7 heteroatoms. The molecule has 1 rings (SSSR count). The Morgan fingerprint density at radius 2 is 1.71 bits per heavy atom. The minimum Gasteiger partial charge on any atom is -0.454 e. The maximum atomic E-state index is 12.9. The van der Waals surface area contributed by atoms with Gasteiger partial charge in [0.05, 0.1) is 29.6 Å². The van der Waals surface area contributed by atoms with E-state index in [1.165, 1.54) is 20.8 Å². The maximum Gasteiger partial charge on any atom is 0.309 e. The normalized spacial score (nSPS) is 38.8. The van der Waals surface area contributed by atoms with Gasteiger partial charge in [-0.1, -0.05) is 34.1 Å². The SMILES string of the molecule is CC(=O)C1CC(C)(O)CCCC(C)C(O)C(C)C(=O)C(C)(C)C(O)CC(=O)O1. The van der Waals surface area contributed by atoms with Gasteiger partial charge in [-0.15, -0.1) is 0 Å². The van der Waals surface area contributed by atoms with E-state index in [9.17, 15) is 29.7 Å². The van der Waals surface area contributed by atoms with Crippen LogP contribution in [0.4, 0.5) is 0 Å². The van der Waals surface area contributed by atoms with E-state index in [1.807, 2.05) is 6.92 Å². The zero-order valence-corrected chi connectivity index (χ0v) is 17.9. The summed E-state index contributed by atoms with van der Waals surface area (Å²) in [6, 6.07) is 0. The Morgan fingerprint density at radius 1 is 1.14 bits per heavy atom. The van der Waals surface area contributed by atoms with E-state index in [0.29, 0.717) is 19.3 Å². The van der Waals surface area contributed by atoms with Crippen molar-refractivity contribution < 1.29 is 34.4 Å². The summed E-state index contributed by atoms with van der Waals surface area (Å²) in [6.45, 7) is 9.40. The van der Waals surface area contributed by atoms with E-state index in [-0.39, 0.29) is 23.9 Å². The average molecular weight is 401 g/mol. The third-order valence-electron chi connectivity index (χ3n) is 6.06. The van der Waals surface area contributed by atoms with Gasteiger partial charge in [0.15, 0.2) is 11.9 Å². The first-order valence-electron chi connectivity index (χ1n) is 10.0. The van der Waals surface area contributed by atoms with Crippen LogP contribution in [-0.4, -0.2) is 56.8 Å². The van der Waals surface area contributed by atoms with Gasteiger partial charge in [-0.05, 0) is 32.6 Å². The molecule has 1 saturated heterocycles. The average Bonchev–Trinajstić information content (AvgIpc) is 2.57. The highest BCUT2D eigenvalue weighted by atomic mass is 16.5. The van der Waals surface area contributed by atoms with Gasteiger partial charge in [-0.3, -0.25) is 14.4 Å². The minimum atomic E-state index is -1.32. The zero-order valence-electron chi connectivity index (χ0n) is 17.9. The molecule has 162 valence electrons. The molecule has 28 heavy (non-hydrogen) atoms. The van der Waals surface area contributed by atoms with Crippen LogP contribution in [0.2, 0.25) is 0 Å². The molecule has 3 N–H and O–H groups in total. The summed E-state index contributed by atoms with van der Waals surface area (Å²) in [6.07, 6.45) is -2.30. The molecular formula is C21H36O7. The van der Waals surface area contributed by atoms with E-state index >= 15 is 0 Å². The molecule has 1 fully saturated rings. The van der Waals surface area contributed by atoms with Crippen LogP contribution in [0.15, 0.2) is 0 Å². The fourth-order valence-electron chi connectivity index (χ4n) is 3.76. The number of hydrogen-bond acceptors (Lipinski definition) is 7. The van der Waals surface area contributed by atoms with Crippen molar-refractivity contribution in [3.05, 3.63) is 0 Å². The van der Waals surface area contributed by atoms with Gasteiger partial charge >= 0.3 is 5.97 Å². The number of Topliss-reactive ketones (excluding diaryl/α,β-unsaturated/α-hetero) is 2. The molecule has 1 aliphatic rings. The Balaban J connectivity index is 3.18. The number of hydrogen-bond donors (Lipinski definition) is 3. The first-order valence-corrected chi connectivity index (χ1v) is 10.0. The number of carbonyl (C=O) groups is 3. The molecule has 0 aliphatic carbocycles. The van der Waals surface area contributed by atoms with Gasteiger partial charge in [0.2, 0.25) is 0 Å². The number of carbonyl (C=O) groups excluding carboxylic acids is 3. The molecule has 0 aromatic carbocycles. The smallest absolute Gasteiger partial charge is 0.309 e. The van der Waals surface area contributed by atoms with Gasteiger partial charge in [-0.25, -0.2) is 0 Å². The van der Waals surface area contributed by atoms with Gasteiger partial charge in [0.25, 0.3) is 0 Å². The predicted octanol–water partition coefficient (Wildman–Crippen LogP) is 1.79. The van der Waals surface area contributed by atoms with Gasteiger partial charge in [0.1, 0.15) is 5.78 Å². The largest absolute Gasteiger partial charge is 0.454 e. The topological polar surface area (TPSA) is 121 Å². The molecule has 0 bridgehead atoms. The maximum absolute atomic E-state index is 12.9. The summed E-state index contributed by atoms with van der Waals surface area (Å²) >= 11 is 0. The molecular weight excluding hydrogens is 364 g/mol. The van der Waals surface area contributed by atoms with Crippen molar-refractivity contribution in [3.8, 4) is 0 Å². The number of esters is 1. The lowest BCUT2D eigenvalue weighted by atomic mass is 9.73. The van der Waals surface area contributed by atoms with Crippen LogP contribution >= 0.6 is 0 Å². The summed E-state index contributed by atoms with van der Waals surface area (Å²) in [5.74, 6) is -2.43. The molecule has 0 aromatic rings. The highest BCUT2D eigenvalue weighted by molar-refractivity contribution is 5.88. The van der Waals surface area contributed by atoms with Crippen molar-refractivity contribution in [3.63, 3.8) is 0 Å². The zero-order chi connectivity index (χ0) is 21.9. The van der Waals surface area contributed by atoms with Crippen LogP contribution in [0.25, 0.3) is 0 Å². The second-order valence-electron chi connectivity index (χ2n) is 9.24. The van der Waals surface area contributed by atoms with Crippen LogP contribution in [0.1, 0.15) is 73.6 Å². The molecule has 6 unspecified atom stereocenters. The van der Waals surface area contributed by atoms with Gasteiger partial charge in [-0.2, -0.15) is 0 Å². The molecule has 0 saturated carbocycles. The molecule has 0 radical (unpaired) electrons. The quantitative estimate of drug-likeness (QED) is 0.574. The van der Waals surface area contributed by atoms with Crippen LogP contribution in [0.5, 0.6) is 0 Å². The number of aliphatic hydroxyl groups excluding tert-OH is 2. The third kappa shape index (κ3) is 6.36. The van der Waals surface area contributed by atoms with E-state index in [1.54, 1.807) is 13.8 Å². The summed E-state index contributed by atoms with van der Waals surface area (Å²) < 4.78 is 5.22. The van der Waals surface area contributed by atoms with Crippen LogP contribution in [0.3, 0.4) is 0 Å². The van der Waals surface area contributed by atoms with E-state index < -0.39 is 47.6 Å². The Kier molecular flexibility index (Phi) is 8.35. The summed E-state index contributed by atoms with van der Waals surface area (Å²) in [5.41, 5.74) is -2.49. The second-order valence-corrected chi connectivity index (χ2v) is 9.24. The van der Waals surface area contributed by atoms with Crippen molar-refractivity contribution in [1.29, 1.82) is 0 Å². The van der Waals surface area contributed by atoms with E-state index in [0.717, 1.165) is 0 Å².